The van der Waals surface area contributed by atoms with Gasteiger partial charge in [0, 0.05) is 13.2 Å². The fourth-order valence-corrected chi connectivity index (χ4v) is 1.83. The largest absolute Gasteiger partial charge is 0.320 e. The van der Waals surface area contributed by atoms with Gasteiger partial charge in [0.2, 0.25) is 0 Å². The zero-order chi connectivity index (χ0) is 8.77. The summed E-state index contributed by atoms with van der Waals surface area (Å²) >= 11 is 0. The SMILES string of the molecule is CCC1CC1(N)c1ccn(C)n1. The number of hydrogen-bond acceptors (Lipinski definition) is 2. The van der Waals surface area contributed by atoms with Crippen molar-refractivity contribution < 1.29 is 0 Å². The fourth-order valence-electron chi connectivity index (χ4n) is 1.83. The Kier molecular flexibility index (Phi) is 1.51. The minimum Gasteiger partial charge on any atom is -0.320 e. The van der Waals surface area contributed by atoms with E-state index in [9.17, 15) is 0 Å². The summed E-state index contributed by atoms with van der Waals surface area (Å²) in [5, 5.41) is 4.33. The van der Waals surface area contributed by atoms with Gasteiger partial charge in [-0.3, -0.25) is 4.68 Å². The number of aryl methyl sites for hydroxylation is 1. The molecule has 3 heteroatoms. The summed E-state index contributed by atoms with van der Waals surface area (Å²) in [6, 6.07) is 2.02. The van der Waals surface area contributed by atoms with Gasteiger partial charge in [-0.1, -0.05) is 13.3 Å². The summed E-state index contributed by atoms with van der Waals surface area (Å²) < 4.78 is 1.81. The van der Waals surface area contributed by atoms with Crippen LogP contribution in [-0.2, 0) is 12.6 Å². The highest BCUT2D eigenvalue weighted by molar-refractivity contribution is 5.24. The van der Waals surface area contributed by atoms with Gasteiger partial charge in [-0.05, 0) is 18.4 Å². The predicted molar refractivity (Wildman–Crippen MR) is 47.5 cm³/mol. The molecule has 0 aliphatic heterocycles. The lowest BCUT2D eigenvalue weighted by atomic mass is 10.1. The second-order valence-electron chi connectivity index (χ2n) is 3.72. The van der Waals surface area contributed by atoms with Crippen LogP contribution in [0.4, 0.5) is 0 Å². The van der Waals surface area contributed by atoms with Crippen molar-refractivity contribution in [2.75, 3.05) is 0 Å². The third kappa shape index (κ3) is 0.966. The maximum Gasteiger partial charge on any atom is 0.0826 e. The molecule has 1 fully saturated rings. The summed E-state index contributed by atoms with van der Waals surface area (Å²) in [5.74, 6) is 0.646. The van der Waals surface area contributed by atoms with Crippen LogP contribution >= 0.6 is 0 Å². The summed E-state index contributed by atoms with van der Waals surface area (Å²) in [5.41, 5.74) is 7.11. The van der Waals surface area contributed by atoms with E-state index in [1.165, 1.54) is 0 Å². The Morgan fingerprint density at radius 3 is 3.00 bits per heavy atom. The molecule has 66 valence electrons. The van der Waals surface area contributed by atoms with Crippen molar-refractivity contribution in [3.05, 3.63) is 18.0 Å². The standard InChI is InChI=1S/C9H15N3/c1-3-7-6-9(7,10)8-4-5-12(2)11-8/h4-5,7H,3,6,10H2,1-2H3. The Morgan fingerprint density at radius 2 is 2.58 bits per heavy atom. The van der Waals surface area contributed by atoms with E-state index in [1.54, 1.807) is 0 Å². The Balaban J connectivity index is 2.22. The second-order valence-corrected chi connectivity index (χ2v) is 3.72. The van der Waals surface area contributed by atoms with Crippen LogP contribution in [0, 0.1) is 5.92 Å². The molecule has 1 aliphatic carbocycles. The lowest BCUT2D eigenvalue weighted by molar-refractivity contribution is 0.582. The average molecular weight is 165 g/mol. The first-order valence-corrected chi connectivity index (χ1v) is 4.46. The molecule has 0 bridgehead atoms. The molecule has 2 N–H and O–H groups in total. The maximum atomic E-state index is 6.16. The predicted octanol–water partition coefficient (Wildman–Crippen LogP) is 1.00. The van der Waals surface area contributed by atoms with Crippen LogP contribution in [0.15, 0.2) is 12.3 Å². The molecule has 2 rings (SSSR count). The van der Waals surface area contributed by atoms with Crippen LogP contribution in [0.3, 0.4) is 0 Å². The van der Waals surface area contributed by atoms with Gasteiger partial charge >= 0.3 is 0 Å². The van der Waals surface area contributed by atoms with Gasteiger partial charge in [0.25, 0.3) is 0 Å². The van der Waals surface area contributed by atoms with Crippen LogP contribution in [-0.4, -0.2) is 9.78 Å². The smallest absolute Gasteiger partial charge is 0.0826 e. The van der Waals surface area contributed by atoms with Gasteiger partial charge in [-0.15, -0.1) is 0 Å². The van der Waals surface area contributed by atoms with Gasteiger partial charge in [-0.2, -0.15) is 5.10 Å². The van der Waals surface area contributed by atoms with Crippen LogP contribution in [0.1, 0.15) is 25.5 Å². The van der Waals surface area contributed by atoms with Crippen molar-refractivity contribution in [2.45, 2.75) is 25.3 Å². The van der Waals surface area contributed by atoms with Crippen LogP contribution < -0.4 is 5.73 Å². The van der Waals surface area contributed by atoms with Crippen molar-refractivity contribution >= 4 is 0 Å². The molecule has 0 amide bonds. The van der Waals surface area contributed by atoms with Gasteiger partial charge < -0.3 is 5.73 Å². The Bertz CT molecular complexity index is 292. The van der Waals surface area contributed by atoms with E-state index in [-0.39, 0.29) is 5.54 Å². The quantitative estimate of drug-likeness (QED) is 0.710. The molecule has 1 heterocycles. The van der Waals surface area contributed by atoms with E-state index in [0.29, 0.717) is 5.92 Å². The molecule has 3 nitrogen and oxygen atoms in total. The van der Waals surface area contributed by atoms with E-state index >= 15 is 0 Å². The second kappa shape index (κ2) is 2.33. The average Bonchev–Trinajstić information content (AvgIpc) is 2.50. The highest BCUT2D eigenvalue weighted by Gasteiger charge is 2.52. The van der Waals surface area contributed by atoms with Crippen LogP contribution in [0.2, 0.25) is 0 Å². The lowest BCUT2D eigenvalue weighted by Crippen LogP contribution is -2.22. The number of rotatable bonds is 2. The number of nitrogens with two attached hydrogens (primary N) is 1. The Hall–Kier alpha value is -0.830. The first-order chi connectivity index (χ1) is 5.66. The first kappa shape index (κ1) is 7.80. The zero-order valence-electron chi connectivity index (χ0n) is 7.62. The molecule has 0 saturated heterocycles. The van der Waals surface area contributed by atoms with Gasteiger partial charge in [0.15, 0.2) is 0 Å². The molecule has 0 radical (unpaired) electrons. The molecule has 2 atom stereocenters. The third-order valence-corrected chi connectivity index (χ3v) is 2.84. The molecule has 1 aliphatic rings. The van der Waals surface area contributed by atoms with Crippen molar-refractivity contribution in [3.63, 3.8) is 0 Å². The van der Waals surface area contributed by atoms with Gasteiger partial charge in [0.05, 0.1) is 11.2 Å². The molecule has 1 saturated carbocycles. The summed E-state index contributed by atoms with van der Waals surface area (Å²) in [4.78, 5) is 0. The Morgan fingerprint density at radius 1 is 1.83 bits per heavy atom. The van der Waals surface area contributed by atoms with E-state index in [2.05, 4.69) is 12.0 Å². The number of hydrogen-bond donors (Lipinski definition) is 1. The first-order valence-electron chi connectivity index (χ1n) is 4.46. The third-order valence-electron chi connectivity index (χ3n) is 2.84. The molecular weight excluding hydrogens is 150 g/mol. The molecule has 1 aromatic heterocycles. The Labute approximate surface area is 72.6 Å². The zero-order valence-corrected chi connectivity index (χ0v) is 7.62. The molecule has 12 heavy (non-hydrogen) atoms. The monoisotopic (exact) mass is 165 g/mol. The van der Waals surface area contributed by atoms with Crippen molar-refractivity contribution in [2.24, 2.45) is 18.7 Å². The van der Waals surface area contributed by atoms with Crippen molar-refractivity contribution in [1.82, 2.24) is 9.78 Å². The number of nitrogens with zero attached hydrogens (tertiary/aromatic N) is 2. The minimum atomic E-state index is -0.101. The fraction of sp³-hybridized carbons (Fsp3) is 0.667. The number of aromatic nitrogens is 2. The molecule has 0 spiro atoms. The lowest BCUT2D eigenvalue weighted by Gasteiger charge is -2.05. The maximum absolute atomic E-state index is 6.16. The summed E-state index contributed by atoms with van der Waals surface area (Å²) in [6.07, 6.45) is 4.21. The van der Waals surface area contributed by atoms with E-state index in [0.717, 1.165) is 18.5 Å². The van der Waals surface area contributed by atoms with Crippen LogP contribution in [0.25, 0.3) is 0 Å². The molecule has 0 aromatic carbocycles. The van der Waals surface area contributed by atoms with E-state index in [4.69, 9.17) is 5.73 Å². The summed E-state index contributed by atoms with van der Waals surface area (Å²) in [7, 11) is 1.93. The molecule has 2 unspecified atom stereocenters. The molecule has 1 aromatic rings. The molecular formula is C9H15N3. The summed E-state index contributed by atoms with van der Waals surface area (Å²) in [6.45, 7) is 2.18. The van der Waals surface area contributed by atoms with E-state index in [1.807, 2.05) is 24.0 Å². The normalized spacial score (nSPS) is 33.8. The van der Waals surface area contributed by atoms with Gasteiger partial charge in [-0.25, -0.2) is 0 Å². The topological polar surface area (TPSA) is 43.8 Å². The highest BCUT2D eigenvalue weighted by atomic mass is 15.3. The van der Waals surface area contributed by atoms with Crippen molar-refractivity contribution in [3.8, 4) is 0 Å². The van der Waals surface area contributed by atoms with Crippen molar-refractivity contribution in [1.29, 1.82) is 0 Å². The highest BCUT2D eigenvalue weighted by Crippen LogP contribution is 2.50. The minimum absolute atomic E-state index is 0.101. The van der Waals surface area contributed by atoms with Gasteiger partial charge in [0.1, 0.15) is 0 Å². The van der Waals surface area contributed by atoms with Crippen LogP contribution in [0.5, 0.6) is 0 Å². The van der Waals surface area contributed by atoms with E-state index < -0.39 is 0 Å².